The van der Waals surface area contributed by atoms with Crippen LogP contribution in [0.25, 0.3) is 0 Å². The molecule has 6 N–H and O–H groups in total. The fourth-order valence-corrected chi connectivity index (χ4v) is 11.3. The Morgan fingerprint density at radius 3 is 2.36 bits per heavy atom. The van der Waals surface area contributed by atoms with Crippen LogP contribution in [0.5, 0.6) is 5.75 Å². The Morgan fingerprint density at radius 1 is 1.00 bits per heavy atom. The number of Topliss-reactive ketones (excluding diaryl/α,β-unsaturated/α-hetero) is 1. The fourth-order valence-electron chi connectivity index (χ4n) is 11.3. The number of ketones is 1. The molecule has 7 nitrogen and oxygen atoms in total. The Balaban J connectivity index is 0.000000323. The van der Waals surface area contributed by atoms with E-state index in [1.54, 1.807) is 13.1 Å². The lowest BCUT2D eigenvalue weighted by atomic mass is 9.44. The van der Waals surface area contributed by atoms with Crippen LogP contribution in [0.1, 0.15) is 141 Å². The van der Waals surface area contributed by atoms with Crippen LogP contribution in [-0.4, -0.2) is 30.1 Å². The van der Waals surface area contributed by atoms with Crippen molar-refractivity contribution in [2.45, 2.75) is 131 Å². The molecule has 4 fully saturated rings. The third-order valence-electron chi connectivity index (χ3n) is 13.8. The molecule has 5 rings (SSSR count). The molecule has 264 valence electrons. The average Bonchev–Trinajstić information content (AvgIpc) is 3.37. The molecule has 0 bridgehead atoms. The highest BCUT2D eigenvalue weighted by atomic mass is 16.3. The van der Waals surface area contributed by atoms with E-state index in [-0.39, 0.29) is 17.0 Å². The highest BCUT2D eigenvalue weighted by molar-refractivity contribution is 6.02. The van der Waals surface area contributed by atoms with Gasteiger partial charge in [0, 0.05) is 32.0 Å². The maximum Gasteiger partial charge on any atom is 0.254 e. The molecule has 0 radical (unpaired) electrons. The lowest BCUT2D eigenvalue weighted by molar-refractivity contribution is -0.129. The van der Waals surface area contributed by atoms with Gasteiger partial charge < -0.3 is 26.7 Å². The van der Waals surface area contributed by atoms with Crippen molar-refractivity contribution in [3.8, 4) is 5.75 Å². The molecule has 4 aliphatic rings. The number of nitrogens with one attached hydrogen (secondary N) is 1. The molecular formula is C40H65N3O4. The summed E-state index contributed by atoms with van der Waals surface area (Å²) in [5.41, 5.74) is 12.1. The SMILES string of the molecule is CC(C)CCCC(C)C1CCC2C3CCC4CC(CC(=O)CCC=O)CCC4(C)C3CCC12C.CNc1ccc(N)c(C(N)=O)c1O. The van der Waals surface area contributed by atoms with Gasteiger partial charge in [0.05, 0.1) is 5.69 Å². The van der Waals surface area contributed by atoms with Gasteiger partial charge in [-0.2, -0.15) is 0 Å². The second kappa shape index (κ2) is 15.8. The summed E-state index contributed by atoms with van der Waals surface area (Å²) in [6.07, 6.45) is 19.3. The molecule has 0 aliphatic heterocycles. The normalized spacial score (nSPS) is 33.4. The summed E-state index contributed by atoms with van der Waals surface area (Å²) >= 11 is 0. The standard InChI is InChI=1S/C32H54O2.C8H11N3O2/c1-22(2)8-6-9-23(3)28-13-14-29-27-12-11-25-20-24(21-26(34)10-7-19-33)15-17-31(25,4)30(27)16-18-32(28,29)5;1-11-5-3-2-4(9)6(7(5)12)8(10)13/h19,22-25,27-30H,6-18,20-21H2,1-5H3;2-3,11-12H,9H2,1H3,(H2,10,13). The number of carbonyl (C=O) groups is 3. The van der Waals surface area contributed by atoms with E-state index in [2.05, 4.69) is 39.9 Å². The number of anilines is 2. The Kier molecular flexibility index (Phi) is 12.5. The molecular weight excluding hydrogens is 586 g/mol. The predicted octanol–water partition coefficient (Wildman–Crippen LogP) is 8.78. The van der Waals surface area contributed by atoms with Crippen molar-refractivity contribution in [2.75, 3.05) is 18.1 Å². The highest BCUT2D eigenvalue weighted by Gasteiger charge is 2.60. The van der Waals surface area contributed by atoms with Gasteiger partial charge in [0.15, 0.2) is 5.75 Å². The zero-order valence-electron chi connectivity index (χ0n) is 30.3. The van der Waals surface area contributed by atoms with Gasteiger partial charge in [-0.05, 0) is 128 Å². The Labute approximate surface area is 284 Å². The molecule has 1 aromatic carbocycles. The van der Waals surface area contributed by atoms with Crippen molar-refractivity contribution in [3.63, 3.8) is 0 Å². The predicted molar refractivity (Wildman–Crippen MR) is 192 cm³/mol. The summed E-state index contributed by atoms with van der Waals surface area (Å²) < 4.78 is 0. The Hall–Kier alpha value is -2.57. The second-order valence-corrected chi connectivity index (χ2v) is 16.8. The number of nitrogen functional groups attached to an aromatic ring is 1. The minimum absolute atomic E-state index is 0.0492. The topological polar surface area (TPSA) is 136 Å². The number of aldehydes is 1. The smallest absolute Gasteiger partial charge is 0.254 e. The van der Waals surface area contributed by atoms with E-state index >= 15 is 0 Å². The zero-order chi connectivity index (χ0) is 34.5. The lowest BCUT2D eigenvalue weighted by Crippen LogP contribution is -2.53. The van der Waals surface area contributed by atoms with Crippen LogP contribution in [-0.2, 0) is 9.59 Å². The number of phenols is 1. The van der Waals surface area contributed by atoms with Gasteiger partial charge in [0.2, 0.25) is 0 Å². The number of primary amides is 1. The zero-order valence-corrected chi connectivity index (χ0v) is 30.3. The van der Waals surface area contributed by atoms with Crippen LogP contribution < -0.4 is 16.8 Å². The highest BCUT2D eigenvalue weighted by Crippen LogP contribution is 2.68. The molecule has 9 unspecified atom stereocenters. The van der Waals surface area contributed by atoms with Crippen LogP contribution in [0, 0.1) is 58.2 Å². The molecule has 9 atom stereocenters. The van der Waals surface area contributed by atoms with Crippen molar-refractivity contribution >= 4 is 29.4 Å². The van der Waals surface area contributed by atoms with Gasteiger partial charge >= 0.3 is 0 Å². The first-order valence-corrected chi connectivity index (χ1v) is 18.8. The number of nitrogens with two attached hydrogens (primary N) is 2. The quantitative estimate of drug-likeness (QED) is 0.101. The summed E-state index contributed by atoms with van der Waals surface area (Å²) in [6, 6.07) is 3.07. The molecule has 0 spiro atoms. The first-order valence-electron chi connectivity index (χ1n) is 18.8. The molecule has 4 aliphatic carbocycles. The average molecular weight is 652 g/mol. The van der Waals surface area contributed by atoms with Crippen LogP contribution in [0.2, 0.25) is 0 Å². The number of aromatic hydroxyl groups is 1. The van der Waals surface area contributed by atoms with Gasteiger partial charge in [-0.3, -0.25) is 9.59 Å². The third-order valence-corrected chi connectivity index (χ3v) is 13.8. The van der Waals surface area contributed by atoms with Gasteiger partial charge in [0.25, 0.3) is 5.91 Å². The number of carbonyl (C=O) groups excluding carboxylic acids is 3. The van der Waals surface area contributed by atoms with Crippen molar-refractivity contribution in [3.05, 3.63) is 17.7 Å². The van der Waals surface area contributed by atoms with Gasteiger partial charge in [0.1, 0.15) is 17.6 Å². The monoisotopic (exact) mass is 651 g/mol. The summed E-state index contributed by atoms with van der Waals surface area (Å²) in [5, 5.41) is 12.2. The summed E-state index contributed by atoms with van der Waals surface area (Å²) in [7, 11) is 1.62. The van der Waals surface area contributed by atoms with Gasteiger partial charge in [-0.1, -0.05) is 53.9 Å². The number of benzene rings is 1. The van der Waals surface area contributed by atoms with Crippen LogP contribution in [0.4, 0.5) is 11.4 Å². The molecule has 0 heterocycles. The van der Waals surface area contributed by atoms with E-state index in [1.165, 1.54) is 83.1 Å². The maximum absolute atomic E-state index is 12.3. The second-order valence-electron chi connectivity index (χ2n) is 16.8. The van der Waals surface area contributed by atoms with Crippen LogP contribution >= 0.6 is 0 Å². The number of fused-ring (bicyclic) bond motifs is 5. The van der Waals surface area contributed by atoms with Crippen molar-refractivity contribution < 1.29 is 19.5 Å². The van der Waals surface area contributed by atoms with E-state index in [4.69, 9.17) is 11.5 Å². The lowest BCUT2D eigenvalue weighted by Gasteiger charge is -2.61. The molecule has 1 amide bonds. The molecule has 47 heavy (non-hydrogen) atoms. The molecule has 0 aromatic heterocycles. The number of amides is 1. The first kappa shape index (κ1) is 37.3. The van der Waals surface area contributed by atoms with E-state index in [9.17, 15) is 19.5 Å². The molecule has 1 aromatic rings. The summed E-state index contributed by atoms with van der Waals surface area (Å²) in [5.74, 6) is 6.29. The largest absolute Gasteiger partial charge is 0.505 e. The van der Waals surface area contributed by atoms with Crippen LogP contribution in [0.3, 0.4) is 0 Å². The van der Waals surface area contributed by atoms with Gasteiger partial charge in [-0.15, -0.1) is 0 Å². The Bertz CT molecular complexity index is 1250. The van der Waals surface area contributed by atoms with Crippen molar-refractivity contribution in [1.29, 1.82) is 0 Å². The van der Waals surface area contributed by atoms with Crippen LogP contribution in [0.15, 0.2) is 12.1 Å². The summed E-state index contributed by atoms with van der Waals surface area (Å²) in [4.78, 5) is 33.8. The Morgan fingerprint density at radius 2 is 1.70 bits per heavy atom. The molecule has 0 saturated heterocycles. The van der Waals surface area contributed by atoms with E-state index in [0.29, 0.717) is 41.1 Å². The summed E-state index contributed by atoms with van der Waals surface area (Å²) in [6.45, 7) is 12.7. The first-order chi connectivity index (χ1) is 22.3. The van der Waals surface area contributed by atoms with E-state index < -0.39 is 5.91 Å². The molecule has 7 heteroatoms. The number of rotatable bonds is 12. The number of hydrogen-bond acceptors (Lipinski definition) is 6. The van der Waals surface area contributed by atoms with E-state index in [0.717, 1.165) is 54.1 Å². The fraction of sp³-hybridized carbons (Fsp3) is 0.775. The van der Waals surface area contributed by atoms with Gasteiger partial charge in [-0.25, -0.2) is 0 Å². The molecule has 4 saturated carbocycles. The number of hydrogen-bond donors (Lipinski definition) is 4. The van der Waals surface area contributed by atoms with Crippen molar-refractivity contribution in [1.82, 2.24) is 0 Å². The minimum Gasteiger partial charge on any atom is -0.505 e. The van der Waals surface area contributed by atoms with E-state index in [1.807, 2.05) is 0 Å². The minimum atomic E-state index is -0.743. The third kappa shape index (κ3) is 8.02. The van der Waals surface area contributed by atoms with Crippen molar-refractivity contribution in [2.24, 2.45) is 63.9 Å². The maximum atomic E-state index is 12.3.